The van der Waals surface area contributed by atoms with Crippen LogP contribution < -0.4 is 5.32 Å². The zero-order valence-corrected chi connectivity index (χ0v) is 15.4. The number of nitro groups is 1. The van der Waals surface area contributed by atoms with Crippen LogP contribution in [0.3, 0.4) is 0 Å². The van der Waals surface area contributed by atoms with Crippen molar-refractivity contribution in [1.29, 1.82) is 0 Å². The Morgan fingerprint density at radius 1 is 1.14 bits per heavy atom. The number of amides is 1. The summed E-state index contributed by atoms with van der Waals surface area (Å²) >= 11 is 0.727. The van der Waals surface area contributed by atoms with Gasteiger partial charge in [-0.1, -0.05) is 18.2 Å². The summed E-state index contributed by atoms with van der Waals surface area (Å²) in [7, 11) is 0. The fourth-order valence-electron chi connectivity index (χ4n) is 2.39. The van der Waals surface area contributed by atoms with Crippen molar-refractivity contribution >= 4 is 34.2 Å². The van der Waals surface area contributed by atoms with Gasteiger partial charge in [-0.05, 0) is 24.3 Å². The van der Waals surface area contributed by atoms with E-state index in [9.17, 15) is 19.7 Å². The van der Waals surface area contributed by atoms with Gasteiger partial charge in [0, 0.05) is 48.0 Å². The van der Waals surface area contributed by atoms with Crippen molar-refractivity contribution in [2.75, 3.05) is 5.32 Å². The van der Waals surface area contributed by atoms with Gasteiger partial charge in [0.25, 0.3) is 10.9 Å². The Labute approximate surface area is 163 Å². The third-order valence-electron chi connectivity index (χ3n) is 3.58. The fraction of sp³-hybridized carbons (Fsp3) is 0.111. The van der Waals surface area contributed by atoms with Crippen molar-refractivity contribution in [2.45, 2.75) is 18.6 Å². The molecule has 0 atom stereocenters. The monoisotopic (exact) mass is 398 g/mol. The van der Waals surface area contributed by atoms with Crippen molar-refractivity contribution in [3.8, 4) is 11.5 Å². The van der Waals surface area contributed by atoms with Gasteiger partial charge in [0.1, 0.15) is 0 Å². The number of nitrogens with one attached hydrogen (secondary N) is 1. The summed E-state index contributed by atoms with van der Waals surface area (Å²) in [5.74, 6) is 0.0387. The number of hydrogen-bond donors (Lipinski definition) is 1. The Morgan fingerprint density at radius 2 is 1.86 bits per heavy atom. The van der Waals surface area contributed by atoms with E-state index in [0.717, 1.165) is 11.8 Å². The number of nitrogens with zero attached hydrogens (tertiary/aromatic N) is 3. The number of anilines is 1. The van der Waals surface area contributed by atoms with Gasteiger partial charge in [-0.15, -0.1) is 10.2 Å². The normalized spacial score (nSPS) is 10.5. The van der Waals surface area contributed by atoms with Crippen LogP contribution in [0.4, 0.5) is 11.4 Å². The highest BCUT2D eigenvalue weighted by Gasteiger charge is 2.19. The van der Waals surface area contributed by atoms with Crippen LogP contribution in [-0.4, -0.2) is 26.1 Å². The number of rotatable bonds is 6. The first-order valence-electron chi connectivity index (χ1n) is 8.07. The maximum absolute atomic E-state index is 12.2. The second-order valence-electron chi connectivity index (χ2n) is 5.67. The van der Waals surface area contributed by atoms with E-state index >= 15 is 0 Å². The molecule has 3 rings (SSSR count). The molecule has 0 aliphatic rings. The van der Waals surface area contributed by atoms with Gasteiger partial charge < -0.3 is 9.73 Å². The average Bonchev–Trinajstić information content (AvgIpc) is 3.10. The van der Waals surface area contributed by atoms with Crippen molar-refractivity contribution in [2.24, 2.45) is 0 Å². The minimum Gasteiger partial charge on any atom is -0.411 e. The minimum absolute atomic E-state index is 0.0459. The smallest absolute Gasteiger partial charge is 0.284 e. The van der Waals surface area contributed by atoms with Crippen molar-refractivity contribution in [3.05, 3.63) is 64.2 Å². The number of para-hydroxylation sites is 1. The van der Waals surface area contributed by atoms with Crippen LogP contribution in [0.15, 0.2) is 58.2 Å². The topological polar surface area (TPSA) is 128 Å². The summed E-state index contributed by atoms with van der Waals surface area (Å²) in [6, 6.07) is 12.8. The quantitative estimate of drug-likeness (QED) is 0.380. The maximum atomic E-state index is 12.2. The molecule has 2 aromatic carbocycles. The summed E-state index contributed by atoms with van der Waals surface area (Å²) in [4.78, 5) is 33.8. The second kappa shape index (κ2) is 8.44. The van der Waals surface area contributed by atoms with Crippen LogP contribution in [0.2, 0.25) is 0 Å². The number of aromatic nitrogens is 2. The molecule has 3 aromatic rings. The number of benzene rings is 2. The van der Waals surface area contributed by atoms with E-state index in [2.05, 4.69) is 15.5 Å². The fourth-order valence-corrected chi connectivity index (χ4v) is 3.02. The van der Waals surface area contributed by atoms with Gasteiger partial charge in [0.05, 0.1) is 4.92 Å². The molecule has 0 aliphatic carbocycles. The first-order chi connectivity index (χ1) is 13.4. The summed E-state index contributed by atoms with van der Waals surface area (Å²) in [6.07, 6.45) is -0.134. The Kier molecular flexibility index (Phi) is 5.80. The van der Waals surface area contributed by atoms with E-state index in [4.69, 9.17) is 4.42 Å². The summed E-state index contributed by atoms with van der Waals surface area (Å²) in [5, 5.41) is 21.1. The molecule has 0 saturated carbocycles. The predicted octanol–water partition coefficient (Wildman–Crippen LogP) is 3.46. The second-order valence-corrected chi connectivity index (χ2v) is 6.68. The molecule has 0 spiro atoms. The Morgan fingerprint density at radius 3 is 2.54 bits per heavy atom. The Balaban J connectivity index is 1.67. The molecule has 1 heterocycles. The average molecular weight is 398 g/mol. The van der Waals surface area contributed by atoms with Crippen LogP contribution in [0, 0.1) is 10.1 Å². The molecule has 28 heavy (non-hydrogen) atoms. The van der Waals surface area contributed by atoms with Crippen molar-refractivity contribution in [1.82, 2.24) is 10.2 Å². The van der Waals surface area contributed by atoms with E-state index in [1.807, 2.05) is 0 Å². The van der Waals surface area contributed by atoms with E-state index in [0.29, 0.717) is 16.8 Å². The standard InChI is InChI=1S/C18H14N4O5S/c1-11(23)19-14-8-6-12(7-9-14)17-20-21-18(27-17)28-16(24)10-13-4-2-3-5-15(13)22(25)26/h2-9H,10H2,1H3,(H,19,23). The number of hydrogen-bond acceptors (Lipinski definition) is 8. The molecule has 1 aromatic heterocycles. The highest BCUT2D eigenvalue weighted by Crippen LogP contribution is 2.27. The molecule has 0 saturated heterocycles. The lowest BCUT2D eigenvalue weighted by atomic mass is 10.1. The van der Waals surface area contributed by atoms with Gasteiger partial charge in [-0.3, -0.25) is 19.7 Å². The van der Waals surface area contributed by atoms with Crippen LogP contribution in [0.5, 0.6) is 0 Å². The van der Waals surface area contributed by atoms with E-state index in [1.54, 1.807) is 36.4 Å². The molecule has 0 fully saturated rings. The van der Waals surface area contributed by atoms with E-state index in [-0.39, 0.29) is 34.2 Å². The lowest BCUT2D eigenvalue weighted by molar-refractivity contribution is -0.385. The SMILES string of the molecule is CC(=O)Nc1ccc(-c2nnc(SC(=O)Cc3ccccc3[N+](=O)[O-])o2)cc1. The molecule has 0 unspecified atom stereocenters. The van der Waals surface area contributed by atoms with Crippen molar-refractivity contribution in [3.63, 3.8) is 0 Å². The van der Waals surface area contributed by atoms with Crippen LogP contribution in [0.1, 0.15) is 12.5 Å². The van der Waals surface area contributed by atoms with Gasteiger partial charge in [0.15, 0.2) is 0 Å². The maximum Gasteiger partial charge on any atom is 0.284 e. The molecule has 0 bridgehead atoms. The van der Waals surface area contributed by atoms with Gasteiger partial charge in [0.2, 0.25) is 16.9 Å². The molecule has 0 aliphatic heterocycles. The number of carbonyl (C=O) groups excluding carboxylic acids is 2. The third kappa shape index (κ3) is 4.80. The molecule has 1 amide bonds. The van der Waals surface area contributed by atoms with E-state index < -0.39 is 4.92 Å². The highest BCUT2D eigenvalue weighted by atomic mass is 32.2. The van der Waals surface area contributed by atoms with Gasteiger partial charge in [-0.2, -0.15) is 0 Å². The highest BCUT2D eigenvalue weighted by molar-refractivity contribution is 8.13. The molecular weight excluding hydrogens is 384 g/mol. The van der Waals surface area contributed by atoms with Crippen LogP contribution >= 0.6 is 11.8 Å². The third-order valence-corrected chi connectivity index (χ3v) is 4.29. The molecule has 9 nitrogen and oxygen atoms in total. The first kappa shape index (κ1) is 19.2. The minimum atomic E-state index is -0.525. The number of thioether (sulfide) groups is 1. The summed E-state index contributed by atoms with van der Waals surface area (Å²) in [5.41, 5.74) is 1.46. The molecular formula is C18H14N4O5S. The van der Waals surface area contributed by atoms with Crippen molar-refractivity contribution < 1.29 is 18.9 Å². The molecule has 0 radical (unpaired) electrons. The lowest BCUT2D eigenvalue weighted by Crippen LogP contribution is -2.05. The number of carbonyl (C=O) groups is 2. The molecule has 10 heteroatoms. The Hall–Kier alpha value is -3.53. The van der Waals surface area contributed by atoms with Crippen LogP contribution in [-0.2, 0) is 16.0 Å². The largest absolute Gasteiger partial charge is 0.411 e. The Bertz CT molecular complexity index is 1030. The lowest BCUT2D eigenvalue weighted by Gasteiger charge is -2.02. The zero-order chi connectivity index (χ0) is 20.1. The zero-order valence-electron chi connectivity index (χ0n) is 14.6. The van der Waals surface area contributed by atoms with E-state index in [1.165, 1.54) is 19.1 Å². The molecule has 142 valence electrons. The predicted molar refractivity (Wildman–Crippen MR) is 102 cm³/mol. The number of nitro benzene ring substituents is 1. The van der Waals surface area contributed by atoms with Crippen LogP contribution in [0.25, 0.3) is 11.5 Å². The molecule has 1 N–H and O–H groups in total. The summed E-state index contributed by atoms with van der Waals surface area (Å²) in [6.45, 7) is 1.41. The van der Waals surface area contributed by atoms with Gasteiger partial charge in [-0.25, -0.2) is 0 Å². The van der Waals surface area contributed by atoms with Gasteiger partial charge >= 0.3 is 0 Å². The first-order valence-corrected chi connectivity index (χ1v) is 8.88. The summed E-state index contributed by atoms with van der Waals surface area (Å²) < 4.78 is 5.48.